The number of para-hydroxylation sites is 2. The molecule has 44 heavy (non-hydrogen) atoms. The van der Waals surface area contributed by atoms with E-state index in [1.54, 1.807) is 49.9 Å². The quantitative estimate of drug-likeness (QED) is 0.396. The average Bonchev–Trinajstić information content (AvgIpc) is 3.07. The van der Waals surface area contributed by atoms with E-state index in [0.717, 1.165) is 26.8 Å². The van der Waals surface area contributed by atoms with Crippen LogP contribution in [0.2, 0.25) is 0 Å². The lowest BCUT2D eigenvalue weighted by molar-refractivity contribution is -0.130. The second-order valence-electron chi connectivity index (χ2n) is 12.0. The van der Waals surface area contributed by atoms with Crippen molar-refractivity contribution < 1.29 is 28.7 Å². The molecular formula is C33H39N5O6. The summed E-state index contributed by atoms with van der Waals surface area (Å²) in [5.74, 6) is -2.51. The van der Waals surface area contributed by atoms with Crippen molar-refractivity contribution in [2.75, 3.05) is 23.4 Å². The van der Waals surface area contributed by atoms with Crippen LogP contribution in [0, 0.1) is 6.92 Å². The summed E-state index contributed by atoms with van der Waals surface area (Å²) in [7, 11) is 1.43. The van der Waals surface area contributed by atoms with E-state index in [9.17, 15) is 24.0 Å². The van der Waals surface area contributed by atoms with Crippen LogP contribution in [0.3, 0.4) is 0 Å². The van der Waals surface area contributed by atoms with Gasteiger partial charge in [-0.05, 0) is 68.7 Å². The molecule has 3 aromatic carbocycles. The Morgan fingerprint density at radius 1 is 1.02 bits per heavy atom. The van der Waals surface area contributed by atoms with E-state index in [2.05, 4.69) is 5.32 Å². The third kappa shape index (κ3) is 6.99. The maximum absolute atomic E-state index is 14.4. The number of likely N-dealkylation sites (N-methyl/N-ethyl adjacent to an activating group) is 1. The molecule has 1 aliphatic rings. The van der Waals surface area contributed by atoms with Crippen molar-refractivity contribution in [3.8, 4) is 0 Å². The van der Waals surface area contributed by atoms with Crippen molar-refractivity contribution in [2.45, 2.75) is 65.3 Å². The zero-order valence-electron chi connectivity index (χ0n) is 25.9. The molecule has 4 rings (SSSR count). The van der Waals surface area contributed by atoms with Gasteiger partial charge in [0.05, 0.1) is 24.5 Å². The Balaban J connectivity index is 1.75. The number of aryl methyl sites for hydroxylation is 1. The number of ether oxygens (including phenoxy) is 1. The molecule has 0 bridgehead atoms. The standard InChI is InChI=1S/C33H39N5O6/c1-20-15-16-22-11-7-8-12-23(22)24(20)18-38-27-14-10-9-13-26(27)37(29(40)17-28(34)39)19-25(31(38)42)35-30(41)21(2)36(6)32(43)44-33(3,4)5/h7-16,21,25H,17-19H2,1-6H3,(H2,34,39)(H,35,41)/t21-,25-/m0/s1. The molecule has 0 spiro atoms. The van der Waals surface area contributed by atoms with Crippen molar-refractivity contribution in [1.29, 1.82) is 0 Å². The van der Waals surface area contributed by atoms with Gasteiger partial charge in [-0.25, -0.2) is 4.79 Å². The molecule has 3 N–H and O–H groups in total. The third-order valence-corrected chi connectivity index (χ3v) is 7.57. The van der Waals surface area contributed by atoms with Gasteiger partial charge in [-0.2, -0.15) is 0 Å². The zero-order chi connectivity index (χ0) is 32.3. The summed E-state index contributed by atoms with van der Waals surface area (Å²) in [6.45, 7) is 8.54. The van der Waals surface area contributed by atoms with Gasteiger partial charge in [0, 0.05) is 7.05 Å². The lowest BCUT2D eigenvalue weighted by atomic mass is 9.99. The molecule has 0 saturated carbocycles. The Kier molecular flexibility index (Phi) is 9.27. The second kappa shape index (κ2) is 12.7. The minimum absolute atomic E-state index is 0.153. The normalized spacial score (nSPS) is 15.7. The fourth-order valence-electron chi connectivity index (χ4n) is 5.11. The molecule has 5 amide bonds. The summed E-state index contributed by atoms with van der Waals surface area (Å²) in [5.41, 5.74) is 7.31. The van der Waals surface area contributed by atoms with Crippen LogP contribution in [0.5, 0.6) is 0 Å². The Labute approximate surface area is 256 Å². The summed E-state index contributed by atoms with van der Waals surface area (Å²) >= 11 is 0. The summed E-state index contributed by atoms with van der Waals surface area (Å²) in [4.78, 5) is 69.6. The number of benzene rings is 3. The first kappa shape index (κ1) is 32.0. The van der Waals surface area contributed by atoms with Crippen LogP contribution in [-0.2, 0) is 30.5 Å². The summed E-state index contributed by atoms with van der Waals surface area (Å²) < 4.78 is 5.39. The van der Waals surface area contributed by atoms with Crippen LogP contribution in [-0.4, -0.2) is 65.9 Å². The predicted octanol–water partition coefficient (Wildman–Crippen LogP) is 3.64. The Morgan fingerprint density at radius 3 is 2.32 bits per heavy atom. The topological polar surface area (TPSA) is 142 Å². The Bertz CT molecular complexity index is 1610. The lowest BCUT2D eigenvalue weighted by Gasteiger charge is -2.30. The Hall–Kier alpha value is -4.93. The number of hydrogen-bond donors (Lipinski definition) is 2. The van der Waals surface area contributed by atoms with Crippen molar-refractivity contribution in [3.05, 3.63) is 71.8 Å². The van der Waals surface area contributed by atoms with Gasteiger partial charge in [0.25, 0.3) is 5.91 Å². The number of primary amides is 1. The van der Waals surface area contributed by atoms with Gasteiger partial charge >= 0.3 is 6.09 Å². The van der Waals surface area contributed by atoms with Crippen LogP contribution < -0.4 is 20.9 Å². The number of carbonyl (C=O) groups excluding carboxylic acids is 5. The number of nitrogens with zero attached hydrogens (tertiary/aromatic N) is 3. The summed E-state index contributed by atoms with van der Waals surface area (Å²) in [6, 6.07) is 16.5. The van der Waals surface area contributed by atoms with E-state index in [0.29, 0.717) is 11.4 Å². The molecule has 232 valence electrons. The minimum Gasteiger partial charge on any atom is -0.444 e. The highest BCUT2D eigenvalue weighted by atomic mass is 16.6. The van der Waals surface area contributed by atoms with Gasteiger partial charge in [0.2, 0.25) is 17.7 Å². The molecule has 11 heteroatoms. The highest BCUT2D eigenvalue weighted by Gasteiger charge is 2.39. The fraction of sp³-hybridized carbons (Fsp3) is 0.364. The number of anilines is 2. The van der Waals surface area contributed by atoms with Crippen LogP contribution in [0.1, 0.15) is 45.2 Å². The number of nitrogens with two attached hydrogens (primary N) is 1. The molecule has 3 aromatic rings. The molecule has 0 unspecified atom stereocenters. The number of hydrogen-bond acceptors (Lipinski definition) is 6. The molecule has 11 nitrogen and oxygen atoms in total. The minimum atomic E-state index is -1.21. The number of amides is 5. The van der Waals surface area contributed by atoms with E-state index in [1.165, 1.54) is 18.9 Å². The van der Waals surface area contributed by atoms with Gasteiger partial charge < -0.3 is 25.6 Å². The van der Waals surface area contributed by atoms with Crippen LogP contribution in [0.15, 0.2) is 60.7 Å². The van der Waals surface area contributed by atoms with Gasteiger partial charge in [-0.15, -0.1) is 0 Å². The first-order valence-corrected chi connectivity index (χ1v) is 14.4. The van der Waals surface area contributed by atoms with Crippen molar-refractivity contribution >= 4 is 51.9 Å². The lowest BCUT2D eigenvalue weighted by Crippen LogP contribution is -2.57. The Morgan fingerprint density at radius 2 is 1.66 bits per heavy atom. The maximum atomic E-state index is 14.4. The van der Waals surface area contributed by atoms with Crippen molar-refractivity contribution in [2.24, 2.45) is 5.73 Å². The smallest absolute Gasteiger partial charge is 0.410 e. The van der Waals surface area contributed by atoms with Gasteiger partial charge in [-0.3, -0.25) is 24.1 Å². The average molecular weight is 602 g/mol. The van der Waals surface area contributed by atoms with Gasteiger partial charge in [0.1, 0.15) is 24.1 Å². The van der Waals surface area contributed by atoms with Crippen LogP contribution >= 0.6 is 0 Å². The van der Waals surface area contributed by atoms with E-state index < -0.39 is 53.8 Å². The molecule has 0 aromatic heterocycles. The zero-order valence-corrected chi connectivity index (χ0v) is 25.9. The first-order valence-electron chi connectivity index (χ1n) is 14.4. The molecule has 1 aliphatic heterocycles. The second-order valence-corrected chi connectivity index (χ2v) is 12.0. The van der Waals surface area contributed by atoms with Gasteiger partial charge in [-0.1, -0.05) is 48.5 Å². The fourth-order valence-corrected chi connectivity index (χ4v) is 5.11. The molecule has 1 heterocycles. The maximum Gasteiger partial charge on any atom is 0.410 e. The highest BCUT2D eigenvalue weighted by molar-refractivity contribution is 6.11. The van der Waals surface area contributed by atoms with Crippen molar-refractivity contribution in [1.82, 2.24) is 10.2 Å². The molecular weight excluding hydrogens is 562 g/mol. The van der Waals surface area contributed by atoms with Crippen molar-refractivity contribution in [3.63, 3.8) is 0 Å². The number of nitrogens with one attached hydrogen (secondary N) is 1. The van der Waals surface area contributed by atoms with E-state index in [4.69, 9.17) is 10.5 Å². The largest absolute Gasteiger partial charge is 0.444 e. The van der Waals surface area contributed by atoms with E-state index >= 15 is 0 Å². The first-order chi connectivity index (χ1) is 20.7. The summed E-state index contributed by atoms with van der Waals surface area (Å²) in [5, 5.41) is 4.73. The number of carbonyl (C=O) groups is 5. The van der Waals surface area contributed by atoms with Gasteiger partial charge in [0.15, 0.2) is 0 Å². The monoisotopic (exact) mass is 601 g/mol. The van der Waals surface area contributed by atoms with E-state index in [-0.39, 0.29) is 13.1 Å². The van der Waals surface area contributed by atoms with Crippen LogP contribution in [0.4, 0.5) is 16.2 Å². The number of fused-ring (bicyclic) bond motifs is 2. The van der Waals surface area contributed by atoms with E-state index in [1.807, 2.05) is 43.3 Å². The predicted molar refractivity (Wildman–Crippen MR) is 168 cm³/mol. The molecule has 0 radical (unpaired) electrons. The molecule has 0 saturated heterocycles. The summed E-state index contributed by atoms with van der Waals surface area (Å²) in [6.07, 6.45) is -1.28. The molecule has 2 atom stereocenters. The third-order valence-electron chi connectivity index (χ3n) is 7.57. The molecule has 0 aliphatic carbocycles. The van der Waals surface area contributed by atoms with Crippen LogP contribution in [0.25, 0.3) is 10.8 Å². The molecule has 0 fully saturated rings. The SMILES string of the molecule is Cc1ccc2ccccc2c1CN1C(=O)[C@@H](NC(=O)[C@H](C)N(C)C(=O)OC(C)(C)C)CN(C(=O)CC(N)=O)c2ccccc21. The number of rotatable bonds is 7. The highest BCUT2D eigenvalue weighted by Crippen LogP contribution is 2.36.